The number of aromatic amines is 2. The second-order valence-corrected chi connectivity index (χ2v) is 16.3. The molecule has 320 valence electrons. The number of carbonyl (C=O) groups is 4. The molecular weight excluding hydrogens is 835 g/mol. The van der Waals surface area contributed by atoms with Gasteiger partial charge in [0.05, 0.1) is 48.3 Å². The Morgan fingerprint density at radius 1 is 0.639 bits per heavy atom. The number of alkyl halides is 2. The maximum atomic E-state index is 12.0. The molecule has 2 aliphatic carbocycles. The fourth-order valence-electron chi connectivity index (χ4n) is 8.70. The molecule has 2 heterocycles. The van der Waals surface area contributed by atoms with Crippen molar-refractivity contribution in [2.45, 2.75) is 76.0 Å². The van der Waals surface area contributed by atoms with Crippen molar-refractivity contribution in [3.8, 4) is 22.5 Å². The number of ether oxygens (including phenoxy) is 2. The van der Waals surface area contributed by atoms with E-state index >= 15 is 0 Å². The number of anilines is 2. The SMILES string of the molecule is COC(=O)c1ccc2c(C3CCCCC3)c(-c3ccccc3N)[nH]c2c1.COC(=O)c1ccc2c(C3CCCCC3)c(-c3ccccc3NC(=O)CCl)[nH]c2c1.O=C(Cl)CCl. The number of rotatable bonds is 9. The average molecular weight is 886 g/mol. The zero-order chi connectivity index (χ0) is 43.5. The highest BCUT2D eigenvalue weighted by atomic mass is 35.5. The number of aromatic nitrogens is 2. The molecule has 0 saturated heterocycles. The van der Waals surface area contributed by atoms with Crippen molar-refractivity contribution in [3.05, 3.63) is 107 Å². The predicted octanol–water partition coefficient (Wildman–Crippen LogP) is 12.1. The van der Waals surface area contributed by atoms with Crippen LogP contribution in [-0.2, 0) is 19.1 Å². The summed E-state index contributed by atoms with van der Waals surface area (Å²) in [6.45, 7) is 0. The van der Waals surface area contributed by atoms with E-state index < -0.39 is 5.24 Å². The molecule has 0 bridgehead atoms. The van der Waals surface area contributed by atoms with Crippen molar-refractivity contribution in [2.24, 2.45) is 0 Å². The van der Waals surface area contributed by atoms with Gasteiger partial charge in [0.25, 0.3) is 0 Å². The number of nitrogens with two attached hydrogens (primary N) is 1. The molecule has 2 aliphatic rings. The number of nitrogens with one attached hydrogen (secondary N) is 3. The van der Waals surface area contributed by atoms with Gasteiger partial charge in [-0.1, -0.05) is 87.1 Å². The first-order valence-electron chi connectivity index (χ1n) is 20.6. The van der Waals surface area contributed by atoms with Crippen LogP contribution in [0.15, 0.2) is 84.9 Å². The van der Waals surface area contributed by atoms with Gasteiger partial charge in [-0.05, 0) is 96.6 Å². The zero-order valence-electron chi connectivity index (χ0n) is 34.4. The molecule has 2 fully saturated rings. The topological polar surface area (TPSA) is 156 Å². The number of halogens is 3. The Labute approximate surface area is 370 Å². The second-order valence-electron chi connectivity index (χ2n) is 15.3. The fourth-order valence-corrected chi connectivity index (χ4v) is 8.77. The Morgan fingerprint density at radius 2 is 1.08 bits per heavy atom. The predicted molar refractivity (Wildman–Crippen MR) is 247 cm³/mol. The third-order valence-electron chi connectivity index (χ3n) is 11.5. The highest BCUT2D eigenvalue weighted by Crippen LogP contribution is 2.45. The maximum Gasteiger partial charge on any atom is 0.337 e. The molecule has 1 amide bonds. The van der Waals surface area contributed by atoms with E-state index in [1.807, 2.05) is 78.9 Å². The average Bonchev–Trinajstić information content (AvgIpc) is 3.88. The van der Waals surface area contributed by atoms with Gasteiger partial charge in [-0.15, -0.1) is 23.2 Å². The van der Waals surface area contributed by atoms with Crippen LogP contribution in [0.5, 0.6) is 0 Å². The van der Waals surface area contributed by atoms with Crippen LogP contribution < -0.4 is 11.1 Å². The first-order valence-corrected chi connectivity index (χ1v) is 22.0. The Morgan fingerprint density at radius 3 is 1.52 bits per heavy atom. The van der Waals surface area contributed by atoms with Crippen molar-refractivity contribution in [2.75, 3.05) is 37.0 Å². The van der Waals surface area contributed by atoms with Crippen LogP contribution >= 0.6 is 34.8 Å². The summed E-state index contributed by atoms with van der Waals surface area (Å²) in [6.07, 6.45) is 12.2. The van der Waals surface area contributed by atoms with Crippen molar-refractivity contribution >= 4 is 91.1 Å². The largest absolute Gasteiger partial charge is 0.465 e. The molecule has 2 aromatic heterocycles. The highest BCUT2D eigenvalue weighted by molar-refractivity contribution is 6.67. The smallest absolute Gasteiger partial charge is 0.337 e. The first-order chi connectivity index (χ1) is 29.6. The lowest BCUT2D eigenvalue weighted by atomic mass is 9.81. The van der Waals surface area contributed by atoms with E-state index in [1.165, 1.54) is 82.1 Å². The normalized spacial score (nSPS) is 14.3. The minimum Gasteiger partial charge on any atom is -0.465 e. The van der Waals surface area contributed by atoms with Crippen LogP contribution in [0.1, 0.15) is 108 Å². The number of amides is 1. The molecule has 6 aromatic rings. The molecule has 0 radical (unpaired) electrons. The van der Waals surface area contributed by atoms with Gasteiger partial charge in [-0.3, -0.25) is 9.59 Å². The van der Waals surface area contributed by atoms with Crippen molar-refractivity contribution in [3.63, 3.8) is 0 Å². The molecule has 0 unspecified atom stereocenters. The summed E-state index contributed by atoms with van der Waals surface area (Å²) in [7, 11) is 2.79. The van der Waals surface area contributed by atoms with Gasteiger partial charge in [0.1, 0.15) is 5.88 Å². The summed E-state index contributed by atoms with van der Waals surface area (Å²) >= 11 is 15.3. The Kier molecular flexibility index (Phi) is 15.9. The van der Waals surface area contributed by atoms with E-state index in [0.717, 1.165) is 63.2 Å². The minimum absolute atomic E-state index is 0.0957. The third-order valence-corrected chi connectivity index (χ3v) is 12.2. The monoisotopic (exact) mass is 884 g/mol. The van der Waals surface area contributed by atoms with Crippen LogP contribution in [0.4, 0.5) is 11.4 Å². The number of nitrogen functional groups attached to an aromatic ring is 1. The van der Waals surface area contributed by atoms with Crippen LogP contribution in [0.25, 0.3) is 44.3 Å². The standard InChI is InChI=1S/C24H25ClN2O3.C22H24N2O2.C2H2Cl2O/c1-30-24(29)16-11-12-17-20(13-16)27-23(22(17)15-7-3-2-4-8-15)18-9-5-6-10-19(18)26-21(28)14-25;1-26-22(25)15-11-12-17-19(13-15)24-21(16-9-5-6-10-18(16)23)20(17)14-7-3-2-4-8-14;3-1-2(4)5/h5-6,9-13,15,27H,2-4,7-8,14H2,1H3,(H,26,28);5-6,9-14,24H,2-4,7-8,23H2,1H3;1H2. The molecule has 8 rings (SSSR count). The van der Waals surface area contributed by atoms with E-state index in [4.69, 9.17) is 50.0 Å². The lowest BCUT2D eigenvalue weighted by molar-refractivity contribution is -0.114. The van der Waals surface area contributed by atoms with Crippen LogP contribution in [0.3, 0.4) is 0 Å². The maximum absolute atomic E-state index is 12.0. The van der Waals surface area contributed by atoms with Gasteiger partial charge in [0, 0.05) is 38.6 Å². The van der Waals surface area contributed by atoms with Gasteiger partial charge < -0.3 is 30.5 Å². The van der Waals surface area contributed by atoms with E-state index in [-0.39, 0.29) is 29.6 Å². The number of hydrogen-bond donors (Lipinski definition) is 4. The number of carbonyl (C=O) groups excluding carboxylic acids is 4. The number of H-pyrrole nitrogens is 2. The molecule has 10 nitrogen and oxygen atoms in total. The van der Waals surface area contributed by atoms with Gasteiger partial charge in [-0.25, -0.2) is 9.59 Å². The molecule has 0 aliphatic heterocycles. The van der Waals surface area contributed by atoms with E-state index in [0.29, 0.717) is 23.0 Å². The number of benzene rings is 4. The highest BCUT2D eigenvalue weighted by Gasteiger charge is 2.27. The molecule has 13 heteroatoms. The summed E-state index contributed by atoms with van der Waals surface area (Å²) < 4.78 is 9.76. The number of fused-ring (bicyclic) bond motifs is 2. The minimum atomic E-state index is -0.508. The summed E-state index contributed by atoms with van der Waals surface area (Å²) in [5.74, 6) is -0.157. The van der Waals surface area contributed by atoms with E-state index in [9.17, 15) is 19.2 Å². The number of methoxy groups -OCH3 is 2. The first kappa shape index (κ1) is 45.2. The molecule has 5 N–H and O–H groups in total. The summed E-state index contributed by atoms with van der Waals surface area (Å²) in [5, 5.41) is 4.70. The lowest BCUT2D eigenvalue weighted by Crippen LogP contribution is -2.13. The van der Waals surface area contributed by atoms with Gasteiger partial charge in [0.15, 0.2) is 0 Å². The molecular formula is C48H51Cl3N4O6. The second kappa shape index (κ2) is 21.5. The number of para-hydroxylation sites is 2. The lowest BCUT2D eigenvalue weighted by Gasteiger charge is -2.23. The van der Waals surface area contributed by atoms with Crippen LogP contribution in [0.2, 0.25) is 0 Å². The quantitative estimate of drug-likeness (QED) is 0.0487. The molecule has 61 heavy (non-hydrogen) atoms. The summed E-state index contributed by atoms with van der Waals surface area (Å²) in [5.41, 5.74) is 17.3. The van der Waals surface area contributed by atoms with Gasteiger partial charge >= 0.3 is 11.9 Å². The van der Waals surface area contributed by atoms with Crippen molar-refractivity contribution < 1.29 is 28.7 Å². The summed E-state index contributed by atoms with van der Waals surface area (Å²) in [6, 6.07) is 27.2. The van der Waals surface area contributed by atoms with Crippen LogP contribution in [0, 0.1) is 0 Å². The van der Waals surface area contributed by atoms with Crippen LogP contribution in [-0.4, -0.2) is 59.0 Å². The van der Waals surface area contributed by atoms with Crippen molar-refractivity contribution in [1.29, 1.82) is 0 Å². The number of hydrogen-bond acceptors (Lipinski definition) is 7. The Bertz CT molecular complexity index is 2500. The number of esters is 2. The zero-order valence-corrected chi connectivity index (χ0v) is 36.7. The van der Waals surface area contributed by atoms with Crippen molar-refractivity contribution in [1.82, 2.24) is 9.97 Å². The molecule has 0 spiro atoms. The van der Waals surface area contributed by atoms with E-state index in [1.54, 1.807) is 0 Å². The van der Waals surface area contributed by atoms with Gasteiger partial charge in [-0.2, -0.15) is 0 Å². The summed E-state index contributed by atoms with van der Waals surface area (Å²) in [4.78, 5) is 52.5. The molecule has 0 atom stereocenters. The molecule has 4 aromatic carbocycles. The Hall–Kier alpha value is -5.29. The fraction of sp³-hybridized carbons (Fsp3) is 0.333. The Balaban J connectivity index is 0.000000185. The molecule has 2 saturated carbocycles. The van der Waals surface area contributed by atoms with E-state index in [2.05, 4.69) is 21.4 Å². The van der Waals surface area contributed by atoms with Gasteiger partial charge in [0.2, 0.25) is 11.1 Å². The third kappa shape index (κ3) is 10.8.